The average Bonchev–Trinajstić information content (AvgIpc) is 3.49. The van der Waals surface area contributed by atoms with Gasteiger partial charge in [-0.25, -0.2) is 14.4 Å². The molecule has 5 heterocycles. The number of hydrogen-bond donors (Lipinski definition) is 1. The first-order valence-corrected chi connectivity index (χ1v) is 12.3. The van der Waals surface area contributed by atoms with Gasteiger partial charge >= 0.3 is 0 Å². The van der Waals surface area contributed by atoms with Crippen LogP contribution in [0.2, 0.25) is 0 Å². The zero-order valence-corrected chi connectivity index (χ0v) is 19.8. The van der Waals surface area contributed by atoms with E-state index in [0.29, 0.717) is 29.2 Å². The lowest BCUT2D eigenvalue weighted by atomic mass is 10.0. The number of benzene rings is 1. The number of halogens is 1. The molecule has 4 aromatic heterocycles. The van der Waals surface area contributed by atoms with Crippen LogP contribution in [0.4, 0.5) is 10.2 Å². The molecule has 0 unspecified atom stereocenters. The molecule has 35 heavy (non-hydrogen) atoms. The number of aromatic nitrogens is 5. The fourth-order valence-electron chi connectivity index (χ4n) is 4.66. The number of piperidine rings is 1. The van der Waals surface area contributed by atoms with Crippen molar-refractivity contribution in [2.24, 2.45) is 0 Å². The number of carbonyl (C=O) groups is 1. The normalized spacial score (nSPS) is 16.1. The van der Waals surface area contributed by atoms with Crippen molar-refractivity contribution >= 4 is 44.3 Å². The molecule has 1 amide bonds. The number of anilines is 1. The van der Waals surface area contributed by atoms with Crippen molar-refractivity contribution < 1.29 is 9.18 Å². The van der Waals surface area contributed by atoms with Crippen molar-refractivity contribution in [2.75, 3.05) is 18.0 Å². The molecule has 6 rings (SSSR count). The first-order chi connectivity index (χ1) is 17.1. The van der Waals surface area contributed by atoms with E-state index < -0.39 is 11.7 Å². The van der Waals surface area contributed by atoms with Crippen LogP contribution in [0.25, 0.3) is 26.9 Å². The Morgan fingerprint density at radius 2 is 2.14 bits per heavy atom. The van der Waals surface area contributed by atoms with Gasteiger partial charge in [0.1, 0.15) is 17.2 Å². The summed E-state index contributed by atoms with van der Waals surface area (Å²) in [6.07, 6.45) is 5.09. The van der Waals surface area contributed by atoms with Crippen LogP contribution in [0.15, 0.2) is 54.2 Å². The maximum Gasteiger partial charge on any atom is 0.262 e. The molecular weight excluding hydrogens is 465 g/mol. The van der Waals surface area contributed by atoms with Crippen molar-refractivity contribution in [3.8, 4) is 5.69 Å². The highest BCUT2D eigenvalue weighted by Gasteiger charge is 2.32. The van der Waals surface area contributed by atoms with E-state index in [-0.39, 0.29) is 11.6 Å². The largest absolute Gasteiger partial charge is 0.315 e. The molecule has 8 nitrogen and oxygen atoms in total. The number of pyridine rings is 2. The maximum absolute atomic E-state index is 15.5. The highest BCUT2D eigenvalue weighted by Crippen LogP contribution is 2.35. The Morgan fingerprint density at radius 3 is 2.97 bits per heavy atom. The van der Waals surface area contributed by atoms with Gasteiger partial charge in [-0.1, -0.05) is 5.21 Å². The van der Waals surface area contributed by atoms with E-state index in [9.17, 15) is 4.79 Å². The summed E-state index contributed by atoms with van der Waals surface area (Å²) in [5.41, 5.74) is 2.61. The summed E-state index contributed by atoms with van der Waals surface area (Å²) in [6, 6.07) is 9.85. The molecule has 1 aliphatic heterocycles. The Kier molecular flexibility index (Phi) is 5.46. The third kappa shape index (κ3) is 3.75. The van der Waals surface area contributed by atoms with Crippen molar-refractivity contribution in [1.82, 2.24) is 30.3 Å². The van der Waals surface area contributed by atoms with Crippen LogP contribution < -0.4 is 10.2 Å². The zero-order valence-electron chi connectivity index (χ0n) is 19.0. The van der Waals surface area contributed by atoms with Crippen LogP contribution in [0.5, 0.6) is 0 Å². The van der Waals surface area contributed by atoms with Gasteiger partial charge in [-0.05, 0) is 67.6 Å². The second-order valence-corrected chi connectivity index (χ2v) is 9.52. The van der Waals surface area contributed by atoms with Crippen molar-refractivity contribution in [3.63, 3.8) is 0 Å². The lowest BCUT2D eigenvalue weighted by Crippen LogP contribution is -2.49. The second-order valence-electron chi connectivity index (χ2n) is 8.61. The SMILES string of the molecule is Cc1csc2ccnc(N(C(=O)c3ccc(-n4nnc5cccnc54)cc3F)[C@@H]3CCCNC3)c12. The quantitative estimate of drug-likeness (QED) is 0.407. The van der Waals surface area contributed by atoms with Gasteiger partial charge in [0.15, 0.2) is 5.65 Å². The summed E-state index contributed by atoms with van der Waals surface area (Å²) in [7, 11) is 0. The van der Waals surface area contributed by atoms with Crippen molar-refractivity contribution in [1.29, 1.82) is 0 Å². The molecule has 1 saturated heterocycles. The van der Waals surface area contributed by atoms with Gasteiger partial charge in [0, 0.05) is 35.1 Å². The fourth-order valence-corrected chi connectivity index (χ4v) is 5.59. The molecule has 0 saturated carbocycles. The van der Waals surface area contributed by atoms with Gasteiger partial charge in [0.2, 0.25) is 0 Å². The standard InChI is InChI=1S/C25H22FN7OS/c1-15-14-35-21-8-11-29-24(22(15)21)32(17-4-2-9-27-13-17)25(34)18-7-6-16(12-19(18)26)33-23-20(30-31-33)5-3-10-28-23/h3,5-8,10-12,14,17,27H,2,4,9,13H2,1H3/t17-/m1/s1. The third-order valence-electron chi connectivity index (χ3n) is 6.37. The first-order valence-electron chi connectivity index (χ1n) is 11.5. The van der Waals surface area contributed by atoms with Crippen LogP contribution in [0, 0.1) is 12.7 Å². The minimum absolute atomic E-state index is 0.0108. The smallest absolute Gasteiger partial charge is 0.262 e. The van der Waals surface area contributed by atoms with Gasteiger partial charge < -0.3 is 5.32 Å². The summed E-state index contributed by atoms with van der Waals surface area (Å²) >= 11 is 1.61. The number of thiophene rings is 1. The lowest BCUT2D eigenvalue weighted by Gasteiger charge is -2.34. The molecule has 1 atom stereocenters. The van der Waals surface area contributed by atoms with E-state index >= 15 is 4.39 Å². The number of hydrogen-bond acceptors (Lipinski definition) is 7. The Morgan fingerprint density at radius 1 is 1.23 bits per heavy atom. The molecule has 176 valence electrons. The summed E-state index contributed by atoms with van der Waals surface area (Å²) in [5.74, 6) is -0.458. The van der Waals surface area contributed by atoms with Crippen LogP contribution in [-0.4, -0.2) is 50.0 Å². The predicted molar refractivity (Wildman–Crippen MR) is 134 cm³/mol. The Bertz CT molecular complexity index is 1560. The van der Waals surface area contributed by atoms with Gasteiger partial charge in [-0.15, -0.1) is 16.4 Å². The van der Waals surface area contributed by atoms with E-state index in [1.807, 2.05) is 13.0 Å². The van der Waals surface area contributed by atoms with E-state index in [1.165, 1.54) is 16.8 Å². The molecule has 1 N–H and O–H groups in total. The molecule has 0 aliphatic carbocycles. The van der Waals surface area contributed by atoms with Crippen molar-refractivity contribution in [3.05, 3.63) is 71.1 Å². The molecule has 0 radical (unpaired) electrons. The summed E-state index contributed by atoms with van der Waals surface area (Å²) in [5, 5.41) is 14.5. The van der Waals surface area contributed by atoms with Gasteiger partial charge in [-0.3, -0.25) is 9.69 Å². The summed E-state index contributed by atoms with van der Waals surface area (Å²) in [6.45, 7) is 3.54. The molecule has 1 fully saturated rings. The van der Waals surface area contributed by atoms with Crippen LogP contribution in [0.1, 0.15) is 28.8 Å². The zero-order chi connectivity index (χ0) is 23.9. The molecule has 0 bridgehead atoms. The number of nitrogens with zero attached hydrogens (tertiary/aromatic N) is 6. The minimum Gasteiger partial charge on any atom is -0.315 e. The van der Waals surface area contributed by atoms with Gasteiger partial charge in [0.25, 0.3) is 5.91 Å². The topological polar surface area (TPSA) is 88.8 Å². The Balaban J connectivity index is 1.43. The van der Waals surface area contributed by atoms with Crippen LogP contribution in [0.3, 0.4) is 0 Å². The number of nitrogens with one attached hydrogen (secondary N) is 1. The van der Waals surface area contributed by atoms with Crippen LogP contribution >= 0.6 is 11.3 Å². The molecule has 1 aromatic carbocycles. The highest BCUT2D eigenvalue weighted by atomic mass is 32.1. The number of amides is 1. The molecule has 1 aliphatic rings. The third-order valence-corrected chi connectivity index (χ3v) is 7.43. The minimum atomic E-state index is -0.630. The molecule has 5 aromatic rings. The van der Waals surface area contributed by atoms with Gasteiger partial charge in [-0.2, -0.15) is 4.68 Å². The number of rotatable bonds is 4. The van der Waals surface area contributed by atoms with Crippen molar-refractivity contribution in [2.45, 2.75) is 25.8 Å². The van der Waals surface area contributed by atoms with E-state index in [2.05, 4.69) is 31.0 Å². The summed E-state index contributed by atoms with van der Waals surface area (Å²) < 4.78 is 18.0. The highest BCUT2D eigenvalue weighted by molar-refractivity contribution is 7.17. The van der Waals surface area contributed by atoms with Crippen LogP contribution in [-0.2, 0) is 0 Å². The predicted octanol–water partition coefficient (Wildman–Crippen LogP) is 4.27. The monoisotopic (exact) mass is 487 g/mol. The maximum atomic E-state index is 15.5. The Hall–Kier alpha value is -3.76. The number of fused-ring (bicyclic) bond motifs is 2. The van der Waals surface area contributed by atoms with E-state index in [4.69, 9.17) is 0 Å². The first kappa shape index (κ1) is 21.8. The summed E-state index contributed by atoms with van der Waals surface area (Å²) in [4.78, 5) is 24.5. The average molecular weight is 488 g/mol. The second kappa shape index (κ2) is 8.79. The van der Waals surface area contributed by atoms with E-state index in [1.54, 1.807) is 46.8 Å². The fraction of sp³-hybridized carbons (Fsp3) is 0.240. The Labute approximate surface area is 204 Å². The lowest BCUT2D eigenvalue weighted by molar-refractivity contribution is 0.0968. The van der Waals surface area contributed by atoms with E-state index in [0.717, 1.165) is 35.0 Å². The molecular formula is C25H22FN7OS. The van der Waals surface area contributed by atoms with Gasteiger partial charge in [0.05, 0.1) is 17.3 Å². The molecule has 0 spiro atoms. The molecule has 10 heteroatoms. The number of carbonyl (C=O) groups excluding carboxylic acids is 1. The number of aryl methyl sites for hydroxylation is 1.